The fourth-order valence-corrected chi connectivity index (χ4v) is 10.6. The van der Waals surface area contributed by atoms with Gasteiger partial charge in [-0.05, 0) is 70.4 Å². The Morgan fingerprint density at radius 3 is 2.07 bits per heavy atom. The van der Waals surface area contributed by atoms with Gasteiger partial charge in [0.25, 0.3) is 0 Å². The Morgan fingerprint density at radius 1 is 0.897 bits per heavy atom. The van der Waals surface area contributed by atoms with Crippen molar-refractivity contribution in [1.82, 2.24) is 5.32 Å². The number of esters is 4. The fraction of sp³-hybridized carbons (Fsp3) is 0.580. The summed E-state index contributed by atoms with van der Waals surface area (Å²) < 4.78 is 53.9. The zero-order valence-electron chi connectivity index (χ0n) is 40.4. The summed E-state index contributed by atoms with van der Waals surface area (Å²) in [5.41, 5.74) is -7.37. The summed E-state index contributed by atoms with van der Waals surface area (Å²) >= 11 is 0. The molecule has 18 heteroatoms. The standard InChI is InChI=1S/C50H63NO17/c1-27(52)24-62-25-35(54)65-39(37(30-18-14-12-15-19-30)51-45(58)68-46(4,5)6)44(57)64-32-23-50(59)42(66-43(56)31-20-16-13-17-21-31)40-48(9,41(55)38(61-11)36(28(32)2)47(50,7)8)33(60-10)22-34-49(40,26-63-34)67-29(3)53/h12-21,32-34,37-40,42,59H,22-26H2,1-11H3,(H,51,58)/t32-,33-,34?,37-,38+,39+,40?,42-,48+,49-,50+/m0/s1. The third kappa shape index (κ3) is 9.70. The Bertz CT molecular complexity index is 2290. The number of ketones is 2. The Balaban J connectivity index is 1.55. The number of hydrogen-bond acceptors (Lipinski definition) is 17. The van der Waals surface area contributed by atoms with Crippen molar-refractivity contribution in [3.05, 3.63) is 82.9 Å². The molecule has 6 rings (SSSR count). The highest BCUT2D eigenvalue weighted by molar-refractivity contribution is 5.94. The van der Waals surface area contributed by atoms with Gasteiger partial charge in [-0.1, -0.05) is 62.4 Å². The number of rotatable bonds is 15. The number of carbonyl (C=O) groups is 7. The molecule has 2 saturated carbocycles. The summed E-state index contributed by atoms with van der Waals surface area (Å²) in [6.45, 7) is 12.5. The van der Waals surface area contributed by atoms with Crippen LogP contribution in [-0.4, -0.2) is 134 Å². The molecule has 18 nitrogen and oxygen atoms in total. The first-order chi connectivity index (χ1) is 31.9. The van der Waals surface area contributed by atoms with Crippen molar-refractivity contribution in [1.29, 1.82) is 0 Å². The van der Waals surface area contributed by atoms with Crippen molar-refractivity contribution in [2.24, 2.45) is 16.7 Å². The van der Waals surface area contributed by atoms with Crippen LogP contribution in [0.2, 0.25) is 0 Å². The molecule has 1 saturated heterocycles. The first-order valence-electron chi connectivity index (χ1n) is 22.5. The van der Waals surface area contributed by atoms with E-state index in [1.54, 1.807) is 97.0 Å². The van der Waals surface area contributed by atoms with Gasteiger partial charge >= 0.3 is 30.0 Å². The average Bonchev–Trinajstić information content (AvgIpc) is 3.26. The van der Waals surface area contributed by atoms with Gasteiger partial charge in [-0.3, -0.25) is 14.4 Å². The number of Topliss-reactive ketones (excluding diaryl/α,β-unsaturated/α-hetero) is 2. The molecule has 2 N–H and O–H groups in total. The van der Waals surface area contributed by atoms with Gasteiger partial charge in [-0.25, -0.2) is 19.2 Å². The number of carbonyl (C=O) groups excluding carboxylic acids is 7. The second-order valence-corrected chi connectivity index (χ2v) is 19.7. The van der Waals surface area contributed by atoms with E-state index in [1.165, 1.54) is 40.2 Å². The van der Waals surface area contributed by atoms with Gasteiger partial charge in [0.2, 0.25) is 6.10 Å². The van der Waals surface area contributed by atoms with E-state index in [0.717, 1.165) is 0 Å². The first kappa shape index (κ1) is 51.9. The molecule has 68 heavy (non-hydrogen) atoms. The minimum Gasteiger partial charge on any atom is -0.455 e. The molecular formula is C50H63NO17. The lowest BCUT2D eigenvalue weighted by Crippen LogP contribution is -2.82. The molecule has 11 atom stereocenters. The molecule has 1 aliphatic heterocycles. The molecule has 3 fully saturated rings. The molecule has 1 heterocycles. The molecular weight excluding hydrogens is 887 g/mol. The number of fused-ring (bicyclic) bond motifs is 5. The van der Waals surface area contributed by atoms with E-state index in [1.807, 2.05) is 0 Å². The molecule has 1 amide bonds. The summed E-state index contributed by atoms with van der Waals surface area (Å²) in [4.78, 5) is 97.0. The maximum Gasteiger partial charge on any atom is 0.408 e. The monoisotopic (exact) mass is 949 g/mol. The number of amides is 1. The molecule has 4 aliphatic rings. The zero-order chi connectivity index (χ0) is 50.1. The van der Waals surface area contributed by atoms with E-state index >= 15 is 9.59 Å². The molecule has 370 valence electrons. The minimum absolute atomic E-state index is 0.0816. The number of hydrogen-bond donors (Lipinski definition) is 2. The zero-order valence-corrected chi connectivity index (χ0v) is 40.4. The second-order valence-electron chi connectivity index (χ2n) is 19.7. The van der Waals surface area contributed by atoms with Gasteiger partial charge in [0.1, 0.15) is 54.9 Å². The Labute approximate surface area is 395 Å². The smallest absolute Gasteiger partial charge is 0.408 e. The van der Waals surface area contributed by atoms with Crippen LogP contribution in [0.5, 0.6) is 0 Å². The fourth-order valence-electron chi connectivity index (χ4n) is 10.6. The van der Waals surface area contributed by atoms with Crippen molar-refractivity contribution < 1.29 is 81.3 Å². The van der Waals surface area contributed by atoms with E-state index in [-0.39, 0.29) is 41.1 Å². The van der Waals surface area contributed by atoms with Gasteiger partial charge in [0.15, 0.2) is 17.2 Å². The summed E-state index contributed by atoms with van der Waals surface area (Å²) in [5.74, 6) is -6.24. The van der Waals surface area contributed by atoms with Crippen LogP contribution in [0.25, 0.3) is 0 Å². The number of aliphatic hydroxyl groups is 1. The molecule has 0 aromatic heterocycles. The van der Waals surface area contributed by atoms with Crippen LogP contribution in [0, 0.1) is 16.7 Å². The maximum absolute atomic E-state index is 15.7. The average molecular weight is 950 g/mol. The predicted octanol–water partition coefficient (Wildman–Crippen LogP) is 4.72. The van der Waals surface area contributed by atoms with Crippen LogP contribution in [0.4, 0.5) is 4.79 Å². The van der Waals surface area contributed by atoms with Gasteiger partial charge in [0, 0.05) is 39.4 Å². The maximum atomic E-state index is 15.7. The number of methoxy groups -OCH3 is 2. The summed E-state index contributed by atoms with van der Waals surface area (Å²) in [5, 5.41) is 16.6. The summed E-state index contributed by atoms with van der Waals surface area (Å²) in [7, 11) is 2.74. The van der Waals surface area contributed by atoms with Crippen molar-refractivity contribution in [2.75, 3.05) is 34.0 Å². The van der Waals surface area contributed by atoms with E-state index in [2.05, 4.69) is 5.32 Å². The molecule has 2 unspecified atom stereocenters. The highest BCUT2D eigenvalue weighted by Crippen LogP contribution is 2.65. The van der Waals surface area contributed by atoms with Crippen LogP contribution >= 0.6 is 0 Å². The number of ether oxygens (including phenoxy) is 9. The third-order valence-electron chi connectivity index (χ3n) is 13.8. The van der Waals surface area contributed by atoms with Crippen LogP contribution in [0.1, 0.15) is 97.1 Å². The van der Waals surface area contributed by atoms with Crippen molar-refractivity contribution >= 4 is 41.5 Å². The van der Waals surface area contributed by atoms with Crippen molar-refractivity contribution in [3.8, 4) is 0 Å². The Morgan fingerprint density at radius 2 is 1.53 bits per heavy atom. The van der Waals surface area contributed by atoms with Gasteiger partial charge in [-0.15, -0.1) is 0 Å². The van der Waals surface area contributed by atoms with E-state index in [0.29, 0.717) is 0 Å². The highest BCUT2D eigenvalue weighted by Gasteiger charge is 2.78. The molecule has 2 aromatic carbocycles. The van der Waals surface area contributed by atoms with Gasteiger partial charge in [0.05, 0.1) is 29.6 Å². The second kappa shape index (κ2) is 19.8. The molecule has 0 spiro atoms. The van der Waals surface area contributed by atoms with Crippen LogP contribution in [-0.2, 0) is 66.6 Å². The number of benzene rings is 2. The van der Waals surface area contributed by atoms with E-state index in [9.17, 15) is 29.1 Å². The van der Waals surface area contributed by atoms with Crippen LogP contribution in [0.3, 0.4) is 0 Å². The number of nitrogens with one attached hydrogen (secondary N) is 1. The molecule has 2 bridgehead atoms. The highest BCUT2D eigenvalue weighted by atomic mass is 16.6. The van der Waals surface area contributed by atoms with E-state index in [4.69, 9.17) is 42.6 Å². The summed E-state index contributed by atoms with van der Waals surface area (Å²) in [6, 6.07) is 14.6. The Kier molecular flexibility index (Phi) is 15.1. The molecule has 3 aliphatic carbocycles. The van der Waals surface area contributed by atoms with Gasteiger partial charge < -0.3 is 53.1 Å². The Hall–Kier alpha value is -5.53. The SMILES string of the molecule is CO[C@H]1C(=O)[C@@]2(C)C([C@H](OC(=O)c3ccccc3)[C@]3(O)C[C@H](OC(=O)[C@H](OC(=O)COCC(C)=O)[C@@H](NC(=O)OC(C)(C)C)c4ccccc4)C(C)=C1C3(C)C)[C@]1(OC(C)=O)COC1C[C@@H]2OC. The topological polar surface area (TPSA) is 235 Å². The molecule has 0 radical (unpaired) electrons. The lowest BCUT2D eigenvalue weighted by atomic mass is 9.44. The third-order valence-corrected chi connectivity index (χ3v) is 13.8. The van der Waals surface area contributed by atoms with Crippen molar-refractivity contribution in [3.63, 3.8) is 0 Å². The quantitative estimate of drug-likeness (QED) is 0.140. The van der Waals surface area contributed by atoms with Gasteiger partial charge in [-0.2, -0.15) is 0 Å². The lowest BCUT2D eigenvalue weighted by Gasteiger charge is -2.67. The number of alkyl carbamates (subject to hydrolysis) is 1. The van der Waals surface area contributed by atoms with Crippen molar-refractivity contribution in [2.45, 2.75) is 135 Å². The van der Waals surface area contributed by atoms with Crippen LogP contribution in [0.15, 0.2) is 71.8 Å². The predicted molar refractivity (Wildman–Crippen MR) is 239 cm³/mol. The summed E-state index contributed by atoms with van der Waals surface area (Å²) in [6.07, 6.45) is -9.87. The minimum atomic E-state index is -2.32. The normalized spacial score (nSPS) is 30.3. The first-order valence-corrected chi connectivity index (χ1v) is 22.5. The van der Waals surface area contributed by atoms with Crippen LogP contribution < -0.4 is 5.32 Å². The van der Waals surface area contributed by atoms with E-state index < -0.39 is 132 Å². The lowest BCUT2D eigenvalue weighted by molar-refractivity contribution is -0.347. The molecule has 2 aromatic rings. The largest absolute Gasteiger partial charge is 0.455 e.